The Balaban J connectivity index is 1.65. The summed E-state index contributed by atoms with van der Waals surface area (Å²) in [6.07, 6.45) is 0. The molecule has 0 aromatic heterocycles. The highest BCUT2D eigenvalue weighted by Gasteiger charge is 2.22. The van der Waals surface area contributed by atoms with Crippen LogP contribution in [0.4, 0.5) is 0 Å². The molecule has 2 aromatic rings. The molecule has 3 rings (SSSR count). The number of ether oxygens (including phenoxy) is 4. The Bertz CT molecular complexity index is 764. The van der Waals surface area contributed by atoms with Gasteiger partial charge in [-0.1, -0.05) is 0 Å². The van der Waals surface area contributed by atoms with Crippen LogP contribution in [0, 0.1) is 0 Å². The van der Waals surface area contributed by atoms with E-state index in [1.54, 1.807) is 14.2 Å². The van der Waals surface area contributed by atoms with Gasteiger partial charge in [0.25, 0.3) is 0 Å². The largest absolute Gasteiger partial charge is 0.493 e. The van der Waals surface area contributed by atoms with Crippen LogP contribution in [0.15, 0.2) is 36.4 Å². The lowest BCUT2D eigenvalue weighted by Gasteiger charge is -2.22. The van der Waals surface area contributed by atoms with Gasteiger partial charge in [-0.05, 0) is 36.4 Å². The Hall–Kier alpha value is -2.44. The van der Waals surface area contributed by atoms with Crippen molar-refractivity contribution in [1.82, 2.24) is 0 Å². The third kappa shape index (κ3) is 4.64. The molecule has 0 fully saturated rings. The molecule has 0 saturated carbocycles. The van der Waals surface area contributed by atoms with Gasteiger partial charge in [0.2, 0.25) is 0 Å². The third-order valence-corrected chi connectivity index (χ3v) is 4.90. The number of rotatable bonds is 8. The maximum atomic E-state index is 5.68. The standard InChI is InChI=1S/C21H28N2O4/c1-23(2)17(16-6-8-18(24-3)20(12-16)25-4)14-22-13-15-5-7-19-21(11-15)27-10-9-26-19/h5-8,11-12,17,22H,9-10,13-14H2,1-4H3/p+2/t17-/m1/s1. The van der Waals surface area contributed by atoms with Gasteiger partial charge in [0.05, 0.1) is 28.3 Å². The first-order valence-corrected chi connectivity index (χ1v) is 9.34. The van der Waals surface area contributed by atoms with Crippen molar-refractivity contribution in [2.24, 2.45) is 0 Å². The van der Waals surface area contributed by atoms with Crippen molar-refractivity contribution in [3.8, 4) is 23.0 Å². The summed E-state index contributed by atoms with van der Waals surface area (Å²) in [5.74, 6) is 3.22. The van der Waals surface area contributed by atoms with Crippen LogP contribution in [0.1, 0.15) is 17.2 Å². The summed E-state index contributed by atoms with van der Waals surface area (Å²) in [4.78, 5) is 1.38. The normalized spacial score (nSPS) is 14.1. The Morgan fingerprint density at radius 2 is 1.70 bits per heavy atom. The maximum Gasteiger partial charge on any atom is 0.162 e. The average Bonchev–Trinajstić information content (AvgIpc) is 2.70. The second-order valence-corrected chi connectivity index (χ2v) is 6.95. The predicted octanol–water partition coefficient (Wildman–Crippen LogP) is 0.424. The molecule has 3 N–H and O–H groups in total. The molecule has 0 spiro atoms. The van der Waals surface area contributed by atoms with Crippen LogP contribution in [0.2, 0.25) is 0 Å². The number of methoxy groups -OCH3 is 2. The van der Waals surface area contributed by atoms with E-state index >= 15 is 0 Å². The zero-order chi connectivity index (χ0) is 19.2. The summed E-state index contributed by atoms with van der Waals surface area (Å²) in [6.45, 7) is 3.10. The zero-order valence-corrected chi connectivity index (χ0v) is 16.6. The molecule has 27 heavy (non-hydrogen) atoms. The molecule has 6 heteroatoms. The second kappa shape index (κ2) is 8.97. The van der Waals surface area contributed by atoms with Crippen molar-refractivity contribution in [2.75, 3.05) is 48.1 Å². The highest BCUT2D eigenvalue weighted by Crippen LogP contribution is 2.31. The van der Waals surface area contributed by atoms with E-state index in [4.69, 9.17) is 18.9 Å². The van der Waals surface area contributed by atoms with E-state index in [1.165, 1.54) is 16.0 Å². The Labute approximate surface area is 161 Å². The summed E-state index contributed by atoms with van der Waals surface area (Å²) in [6, 6.07) is 12.7. The number of benzene rings is 2. The number of nitrogens with two attached hydrogens (primary N) is 1. The van der Waals surface area contributed by atoms with Crippen LogP contribution in [0.25, 0.3) is 0 Å². The Kier molecular flexibility index (Phi) is 6.42. The van der Waals surface area contributed by atoms with Crippen LogP contribution < -0.4 is 29.2 Å². The van der Waals surface area contributed by atoms with Crippen molar-refractivity contribution in [3.05, 3.63) is 47.5 Å². The van der Waals surface area contributed by atoms with E-state index in [9.17, 15) is 0 Å². The van der Waals surface area contributed by atoms with Gasteiger partial charge in [-0.15, -0.1) is 0 Å². The first-order valence-electron chi connectivity index (χ1n) is 9.34. The lowest BCUT2D eigenvalue weighted by atomic mass is 10.0. The average molecular weight is 374 g/mol. The molecule has 0 amide bonds. The highest BCUT2D eigenvalue weighted by atomic mass is 16.6. The summed E-state index contributed by atoms with van der Waals surface area (Å²) >= 11 is 0. The monoisotopic (exact) mass is 374 g/mol. The van der Waals surface area contributed by atoms with E-state index < -0.39 is 0 Å². The molecular formula is C21H30N2O4+2. The summed E-state index contributed by atoms with van der Waals surface area (Å²) in [5, 5.41) is 2.33. The van der Waals surface area contributed by atoms with Gasteiger partial charge in [-0.25, -0.2) is 0 Å². The van der Waals surface area contributed by atoms with Gasteiger partial charge in [-0.3, -0.25) is 0 Å². The number of hydrogen-bond acceptors (Lipinski definition) is 4. The van der Waals surface area contributed by atoms with Crippen molar-refractivity contribution in [3.63, 3.8) is 0 Å². The topological polar surface area (TPSA) is 58.0 Å². The van der Waals surface area contributed by atoms with E-state index in [2.05, 4.69) is 43.7 Å². The summed E-state index contributed by atoms with van der Waals surface area (Å²) < 4.78 is 22.1. The smallest absolute Gasteiger partial charge is 0.162 e. The SMILES string of the molecule is COc1ccc([C@@H](C[NH2+]Cc2ccc3c(c2)OCCO3)[NH+](C)C)cc1OC. The minimum absolute atomic E-state index is 0.349. The van der Waals surface area contributed by atoms with E-state index in [-0.39, 0.29) is 0 Å². The Morgan fingerprint density at radius 1 is 0.963 bits per heavy atom. The first-order chi connectivity index (χ1) is 13.1. The molecule has 0 aliphatic carbocycles. The van der Waals surface area contributed by atoms with Crippen LogP contribution in [0.5, 0.6) is 23.0 Å². The van der Waals surface area contributed by atoms with Crippen molar-refractivity contribution < 1.29 is 29.2 Å². The lowest BCUT2D eigenvalue weighted by molar-refractivity contribution is -0.910. The van der Waals surface area contributed by atoms with Crippen LogP contribution >= 0.6 is 0 Å². The molecule has 2 aromatic carbocycles. The number of likely N-dealkylation sites (N-methyl/N-ethyl adjacent to an activating group) is 1. The quantitative estimate of drug-likeness (QED) is 0.703. The molecule has 0 saturated heterocycles. The fourth-order valence-electron chi connectivity index (χ4n) is 3.41. The molecule has 6 nitrogen and oxygen atoms in total. The van der Waals surface area contributed by atoms with E-state index in [0.717, 1.165) is 36.1 Å². The fourth-order valence-corrected chi connectivity index (χ4v) is 3.41. The highest BCUT2D eigenvalue weighted by molar-refractivity contribution is 5.44. The Morgan fingerprint density at radius 3 is 2.41 bits per heavy atom. The number of quaternary nitrogens is 2. The molecule has 0 unspecified atom stereocenters. The molecule has 146 valence electrons. The molecule has 1 aliphatic rings. The van der Waals surface area contributed by atoms with Crippen molar-refractivity contribution >= 4 is 0 Å². The second-order valence-electron chi connectivity index (χ2n) is 6.95. The maximum absolute atomic E-state index is 5.68. The minimum Gasteiger partial charge on any atom is -0.493 e. The van der Waals surface area contributed by atoms with Gasteiger partial charge in [0.1, 0.15) is 26.3 Å². The molecular weight excluding hydrogens is 344 g/mol. The number of nitrogens with one attached hydrogen (secondary N) is 1. The predicted molar refractivity (Wildman–Crippen MR) is 103 cm³/mol. The first kappa shape index (κ1) is 19.3. The van der Waals surface area contributed by atoms with Crippen LogP contribution in [0.3, 0.4) is 0 Å². The molecule has 1 heterocycles. The summed E-state index contributed by atoms with van der Waals surface area (Å²) in [5.41, 5.74) is 2.48. The molecule has 1 aliphatic heterocycles. The zero-order valence-electron chi connectivity index (χ0n) is 16.6. The number of fused-ring (bicyclic) bond motifs is 1. The number of hydrogen-bond donors (Lipinski definition) is 2. The van der Waals surface area contributed by atoms with Gasteiger partial charge < -0.3 is 29.2 Å². The van der Waals surface area contributed by atoms with Crippen LogP contribution in [-0.2, 0) is 6.54 Å². The minimum atomic E-state index is 0.349. The van der Waals surface area contributed by atoms with Crippen molar-refractivity contribution in [2.45, 2.75) is 12.6 Å². The van der Waals surface area contributed by atoms with Crippen molar-refractivity contribution in [1.29, 1.82) is 0 Å². The molecule has 0 radical (unpaired) electrons. The lowest BCUT2D eigenvalue weighted by Crippen LogP contribution is -3.09. The fraction of sp³-hybridized carbons (Fsp3) is 0.429. The van der Waals surface area contributed by atoms with Crippen LogP contribution in [-0.4, -0.2) is 48.1 Å². The molecule has 1 atom stereocenters. The third-order valence-electron chi connectivity index (χ3n) is 4.90. The van der Waals surface area contributed by atoms with Gasteiger partial charge in [0.15, 0.2) is 29.0 Å². The van der Waals surface area contributed by atoms with Gasteiger partial charge >= 0.3 is 0 Å². The van der Waals surface area contributed by atoms with E-state index in [0.29, 0.717) is 19.3 Å². The molecule has 0 bridgehead atoms. The van der Waals surface area contributed by atoms with Gasteiger partial charge in [0, 0.05) is 11.1 Å². The van der Waals surface area contributed by atoms with E-state index in [1.807, 2.05) is 12.1 Å². The summed E-state index contributed by atoms with van der Waals surface area (Å²) in [7, 11) is 7.69. The van der Waals surface area contributed by atoms with Gasteiger partial charge in [-0.2, -0.15) is 0 Å².